The van der Waals surface area contributed by atoms with Gasteiger partial charge in [-0.2, -0.15) is 0 Å². The standard InChI is InChI=1S/C21H30O4/c1-14-7-5-9-17(21(23)24-4)10-6-8-15(2)19(22)12-18-16(3)13-25-20(18)11-14/h8-9,11,19-20,22H,5-7,10,12-13H2,1-4H3/b14-11+,15-8-,17-9+/t19-,20-/m0/s1. The fraction of sp³-hybridized carbons (Fsp3) is 0.571. The van der Waals surface area contributed by atoms with Gasteiger partial charge in [0.15, 0.2) is 0 Å². The monoisotopic (exact) mass is 346 g/mol. The topological polar surface area (TPSA) is 55.8 Å². The number of rotatable bonds is 1. The molecule has 1 aliphatic carbocycles. The van der Waals surface area contributed by atoms with Gasteiger partial charge in [0, 0.05) is 12.0 Å². The molecule has 1 N–H and O–H groups in total. The van der Waals surface area contributed by atoms with E-state index in [1.807, 2.05) is 19.1 Å². The van der Waals surface area contributed by atoms with Crippen LogP contribution < -0.4 is 0 Å². The number of methoxy groups -OCH3 is 1. The Kier molecular flexibility index (Phi) is 7.21. The van der Waals surface area contributed by atoms with Gasteiger partial charge in [0.25, 0.3) is 0 Å². The van der Waals surface area contributed by atoms with Crippen LogP contribution in [0.25, 0.3) is 0 Å². The minimum Gasteiger partial charge on any atom is -0.466 e. The molecule has 2 aliphatic rings. The highest BCUT2D eigenvalue weighted by Gasteiger charge is 2.25. The first-order chi connectivity index (χ1) is 11.9. The molecule has 1 heterocycles. The van der Waals surface area contributed by atoms with E-state index in [4.69, 9.17) is 9.47 Å². The molecule has 0 saturated heterocycles. The lowest BCUT2D eigenvalue weighted by atomic mass is 9.93. The maximum absolute atomic E-state index is 11.9. The number of ether oxygens (including phenoxy) is 2. The third-order valence-corrected chi connectivity index (χ3v) is 5.00. The molecule has 2 atom stereocenters. The highest BCUT2D eigenvalue weighted by Crippen LogP contribution is 2.29. The van der Waals surface area contributed by atoms with Crippen molar-refractivity contribution in [3.05, 3.63) is 46.1 Å². The van der Waals surface area contributed by atoms with E-state index in [1.54, 1.807) is 0 Å². The summed E-state index contributed by atoms with van der Waals surface area (Å²) >= 11 is 0. The van der Waals surface area contributed by atoms with Gasteiger partial charge >= 0.3 is 5.97 Å². The Labute approximate surface area is 150 Å². The lowest BCUT2D eigenvalue weighted by molar-refractivity contribution is -0.136. The predicted molar refractivity (Wildman–Crippen MR) is 99.1 cm³/mol. The summed E-state index contributed by atoms with van der Waals surface area (Å²) in [5, 5.41) is 10.6. The number of allylic oxidation sites excluding steroid dienone is 3. The average molecular weight is 346 g/mol. The van der Waals surface area contributed by atoms with Gasteiger partial charge in [-0.05, 0) is 63.2 Å². The van der Waals surface area contributed by atoms with Gasteiger partial charge in [-0.25, -0.2) is 4.79 Å². The summed E-state index contributed by atoms with van der Waals surface area (Å²) in [6.45, 7) is 6.75. The van der Waals surface area contributed by atoms with Gasteiger partial charge < -0.3 is 14.6 Å². The molecular formula is C21H30O4. The minimum atomic E-state index is -0.517. The van der Waals surface area contributed by atoms with Crippen LogP contribution in [0.4, 0.5) is 0 Å². The number of fused-ring (bicyclic) bond motifs is 1. The molecule has 0 spiro atoms. The van der Waals surface area contributed by atoms with Crippen molar-refractivity contribution in [1.82, 2.24) is 0 Å². The lowest BCUT2D eigenvalue weighted by Crippen LogP contribution is -2.16. The van der Waals surface area contributed by atoms with Gasteiger partial charge in [0.1, 0.15) is 0 Å². The van der Waals surface area contributed by atoms with E-state index < -0.39 is 6.10 Å². The number of hydrogen-bond donors (Lipinski definition) is 1. The summed E-state index contributed by atoms with van der Waals surface area (Å²) in [6.07, 6.45) is 9.22. The van der Waals surface area contributed by atoms with Crippen LogP contribution in [-0.4, -0.2) is 37.0 Å². The summed E-state index contributed by atoms with van der Waals surface area (Å²) in [7, 11) is 1.41. The maximum atomic E-state index is 11.9. The first-order valence-corrected chi connectivity index (χ1v) is 9.01. The molecule has 0 aromatic carbocycles. The Morgan fingerprint density at radius 3 is 2.64 bits per heavy atom. The Hall–Kier alpha value is -1.65. The van der Waals surface area contributed by atoms with Crippen molar-refractivity contribution >= 4 is 5.97 Å². The van der Waals surface area contributed by atoms with Crippen molar-refractivity contribution < 1.29 is 19.4 Å². The van der Waals surface area contributed by atoms with Crippen LogP contribution >= 0.6 is 0 Å². The van der Waals surface area contributed by atoms with E-state index in [1.165, 1.54) is 23.8 Å². The molecule has 4 nitrogen and oxygen atoms in total. The number of carbonyl (C=O) groups is 1. The zero-order valence-electron chi connectivity index (χ0n) is 15.8. The maximum Gasteiger partial charge on any atom is 0.333 e. The smallest absolute Gasteiger partial charge is 0.333 e. The van der Waals surface area contributed by atoms with Crippen molar-refractivity contribution in [2.24, 2.45) is 0 Å². The molecule has 25 heavy (non-hydrogen) atoms. The highest BCUT2D eigenvalue weighted by atomic mass is 16.5. The van der Waals surface area contributed by atoms with Crippen molar-refractivity contribution in [3.63, 3.8) is 0 Å². The molecule has 0 saturated carbocycles. The van der Waals surface area contributed by atoms with Crippen LogP contribution in [0.1, 0.15) is 52.9 Å². The third-order valence-electron chi connectivity index (χ3n) is 5.00. The molecule has 0 aromatic rings. The van der Waals surface area contributed by atoms with E-state index in [9.17, 15) is 9.90 Å². The van der Waals surface area contributed by atoms with Crippen molar-refractivity contribution in [2.45, 2.75) is 65.1 Å². The first kappa shape index (κ1) is 19.7. The van der Waals surface area contributed by atoms with Crippen molar-refractivity contribution in [2.75, 3.05) is 13.7 Å². The number of aliphatic hydroxyl groups excluding tert-OH is 1. The second kappa shape index (κ2) is 9.16. The van der Waals surface area contributed by atoms with Gasteiger partial charge in [-0.15, -0.1) is 0 Å². The van der Waals surface area contributed by atoms with E-state index >= 15 is 0 Å². The van der Waals surface area contributed by atoms with Crippen LogP contribution in [-0.2, 0) is 14.3 Å². The fourth-order valence-corrected chi connectivity index (χ4v) is 3.29. The summed E-state index contributed by atoms with van der Waals surface area (Å²) in [5.74, 6) is -0.264. The van der Waals surface area contributed by atoms with E-state index in [0.717, 1.165) is 24.8 Å². The Morgan fingerprint density at radius 1 is 1.20 bits per heavy atom. The second-order valence-electron chi connectivity index (χ2n) is 7.02. The summed E-state index contributed by atoms with van der Waals surface area (Å²) in [4.78, 5) is 11.9. The third kappa shape index (κ3) is 5.41. The quantitative estimate of drug-likeness (QED) is 0.575. The molecule has 138 valence electrons. The molecule has 0 unspecified atom stereocenters. The molecule has 2 rings (SSSR count). The number of aliphatic hydroxyl groups is 1. The first-order valence-electron chi connectivity index (χ1n) is 9.01. The van der Waals surface area contributed by atoms with Gasteiger partial charge in [-0.1, -0.05) is 23.8 Å². The van der Waals surface area contributed by atoms with Gasteiger partial charge in [-0.3, -0.25) is 0 Å². The number of carbonyl (C=O) groups excluding carboxylic acids is 1. The molecule has 0 bridgehead atoms. The number of hydrogen-bond acceptors (Lipinski definition) is 4. The summed E-state index contributed by atoms with van der Waals surface area (Å²) in [5.41, 5.74) is 5.30. The second-order valence-corrected chi connectivity index (χ2v) is 7.02. The molecular weight excluding hydrogens is 316 g/mol. The van der Waals surface area contributed by atoms with E-state index in [0.29, 0.717) is 25.0 Å². The van der Waals surface area contributed by atoms with Gasteiger partial charge in [0.2, 0.25) is 0 Å². The van der Waals surface area contributed by atoms with Crippen LogP contribution in [0.5, 0.6) is 0 Å². The predicted octanol–water partition coefficient (Wildman–Crippen LogP) is 4.02. The lowest BCUT2D eigenvalue weighted by Gasteiger charge is -2.18. The zero-order valence-corrected chi connectivity index (χ0v) is 15.8. The molecule has 0 aromatic heterocycles. The van der Waals surface area contributed by atoms with Gasteiger partial charge in [0.05, 0.1) is 25.9 Å². The van der Waals surface area contributed by atoms with Crippen LogP contribution in [0.3, 0.4) is 0 Å². The minimum absolute atomic E-state index is 0.0468. The van der Waals surface area contributed by atoms with Crippen molar-refractivity contribution in [1.29, 1.82) is 0 Å². The van der Waals surface area contributed by atoms with Crippen molar-refractivity contribution in [3.8, 4) is 0 Å². The van der Waals surface area contributed by atoms with E-state index in [-0.39, 0.29) is 12.1 Å². The van der Waals surface area contributed by atoms with E-state index in [2.05, 4.69) is 19.9 Å². The molecule has 0 fully saturated rings. The van der Waals surface area contributed by atoms with Crippen LogP contribution in [0.2, 0.25) is 0 Å². The molecule has 0 radical (unpaired) electrons. The summed E-state index contributed by atoms with van der Waals surface area (Å²) < 4.78 is 10.8. The molecule has 0 amide bonds. The average Bonchev–Trinajstić information content (AvgIpc) is 2.92. The van der Waals surface area contributed by atoms with Crippen LogP contribution in [0.15, 0.2) is 46.1 Å². The fourth-order valence-electron chi connectivity index (χ4n) is 3.29. The number of esters is 1. The largest absolute Gasteiger partial charge is 0.466 e. The van der Waals surface area contributed by atoms with Crippen LogP contribution in [0, 0.1) is 0 Å². The normalized spacial score (nSPS) is 32.4. The Bertz CT molecular complexity index is 622. The Morgan fingerprint density at radius 2 is 1.92 bits per heavy atom. The zero-order chi connectivity index (χ0) is 18.4. The molecule has 4 heteroatoms. The Balaban J connectivity index is 2.28. The molecule has 1 aliphatic heterocycles. The summed E-state index contributed by atoms with van der Waals surface area (Å²) in [6, 6.07) is 0. The highest BCUT2D eigenvalue weighted by molar-refractivity contribution is 5.88. The SMILES string of the molecule is COC(=O)/C1=C/CC/C(C)=C/[C@@H]2OCC(C)=C2C[C@H](O)/C(C)=C\CC1.